The number of hydrogen-bond acceptors (Lipinski definition) is 2. The Morgan fingerprint density at radius 2 is 2.16 bits per heavy atom. The number of carboxylic acids is 1. The largest absolute Gasteiger partial charge is 0.495 e. The molecule has 0 fully saturated rings. The summed E-state index contributed by atoms with van der Waals surface area (Å²) in [4.78, 5) is 10.6. The SMILES string of the molecule is COc1c(CCCC(=O)O)cc2c(c1Cl)CCCC2. The topological polar surface area (TPSA) is 46.5 Å². The first kappa shape index (κ1) is 14.2. The van der Waals surface area contributed by atoms with Crippen LogP contribution in [0.2, 0.25) is 5.02 Å². The van der Waals surface area contributed by atoms with Gasteiger partial charge < -0.3 is 9.84 Å². The molecule has 19 heavy (non-hydrogen) atoms. The maximum Gasteiger partial charge on any atom is 0.303 e. The van der Waals surface area contributed by atoms with E-state index in [1.54, 1.807) is 7.11 Å². The van der Waals surface area contributed by atoms with Crippen LogP contribution in [0.4, 0.5) is 0 Å². The van der Waals surface area contributed by atoms with E-state index in [2.05, 4.69) is 6.07 Å². The molecule has 0 saturated heterocycles. The van der Waals surface area contributed by atoms with Gasteiger partial charge in [-0.3, -0.25) is 4.79 Å². The van der Waals surface area contributed by atoms with Gasteiger partial charge in [-0.15, -0.1) is 0 Å². The van der Waals surface area contributed by atoms with Crippen molar-refractivity contribution in [3.05, 3.63) is 27.8 Å². The van der Waals surface area contributed by atoms with E-state index in [1.807, 2.05) is 0 Å². The Morgan fingerprint density at radius 3 is 2.84 bits per heavy atom. The summed E-state index contributed by atoms with van der Waals surface area (Å²) in [6.07, 6.45) is 5.94. The van der Waals surface area contributed by atoms with Crippen molar-refractivity contribution in [2.45, 2.75) is 44.9 Å². The number of aliphatic carboxylic acids is 1. The molecule has 0 heterocycles. The highest BCUT2D eigenvalue weighted by Gasteiger charge is 2.19. The van der Waals surface area contributed by atoms with E-state index in [0.717, 1.165) is 29.2 Å². The number of methoxy groups -OCH3 is 1. The molecule has 0 spiro atoms. The number of rotatable bonds is 5. The second-order valence-corrected chi connectivity index (χ2v) is 5.35. The van der Waals surface area contributed by atoms with Crippen LogP contribution in [0.25, 0.3) is 0 Å². The molecule has 1 aromatic carbocycles. The van der Waals surface area contributed by atoms with Gasteiger partial charge in [0.1, 0.15) is 5.75 Å². The molecule has 3 nitrogen and oxygen atoms in total. The normalized spacial score (nSPS) is 14.0. The summed E-state index contributed by atoms with van der Waals surface area (Å²) in [5.41, 5.74) is 3.56. The lowest BCUT2D eigenvalue weighted by Gasteiger charge is -2.21. The summed E-state index contributed by atoms with van der Waals surface area (Å²) in [5, 5.41) is 9.43. The van der Waals surface area contributed by atoms with Crippen LogP contribution in [-0.4, -0.2) is 18.2 Å². The average Bonchev–Trinajstić information content (AvgIpc) is 2.39. The lowest BCUT2D eigenvalue weighted by molar-refractivity contribution is -0.137. The van der Waals surface area contributed by atoms with E-state index < -0.39 is 5.97 Å². The molecule has 0 unspecified atom stereocenters. The van der Waals surface area contributed by atoms with Gasteiger partial charge >= 0.3 is 5.97 Å². The Labute approximate surface area is 118 Å². The third-order valence-electron chi connectivity index (χ3n) is 3.66. The highest BCUT2D eigenvalue weighted by molar-refractivity contribution is 6.33. The van der Waals surface area contributed by atoms with E-state index in [1.165, 1.54) is 24.0 Å². The van der Waals surface area contributed by atoms with Crippen LogP contribution in [0, 0.1) is 0 Å². The molecule has 0 aromatic heterocycles. The predicted octanol–water partition coefficient (Wildman–Crippen LogP) is 3.63. The Morgan fingerprint density at radius 1 is 1.42 bits per heavy atom. The van der Waals surface area contributed by atoms with E-state index >= 15 is 0 Å². The third kappa shape index (κ3) is 3.21. The molecule has 1 N–H and O–H groups in total. The van der Waals surface area contributed by atoms with Gasteiger partial charge in [-0.05, 0) is 55.2 Å². The standard InChI is InChI=1S/C15H19ClO3/c1-19-15-11(6-4-8-13(17)18)9-10-5-2-3-7-12(10)14(15)16/h9H,2-8H2,1H3,(H,17,18). The van der Waals surface area contributed by atoms with Crippen LogP contribution in [0.3, 0.4) is 0 Å². The predicted molar refractivity (Wildman–Crippen MR) is 75.2 cm³/mol. The quantitative estimate of drug-likeness (QED) is 0.897. The number of hydrogen-bond donors (Lipinski definition) is 1. The van der Waals surface area contributed by atoms with Gasteiger partial charge in [-0.2, -0.15) is 0 Å². The maximum absolute atomic E-state index is 10.6. The fourth-order valence-electron chi connectivity index (χ4n) is 2.73. The molecule has 1 aliphatic carbocycles. The van der Waals surface area contributed by atoms with Gasteiger partial charge in [-0.1, -0.05) is 17.7 Å². The molecule has 0 bridgehead atoms. The van der Waals surface area contributed by atoms with Crippen molar-refractivity contribution in [2.75, 3.05) is 7.11 Å². The van der Waals surface area contributed by atoms with Crippen LogP contribution >= 0.6 is 11.6 Å². The molecule has 0 aliphatic heterocycles. The molecule has 0 amide bonds. The number of benzene rings is 1. The Bertz CT molecular complexity index is 483. The van der Waals surface area contributed by atoms with E-state index in [-0.39, 0.29) is 6.42 Å². The van der Waals surface area contributed by atoms with Gasteiger partial charge in [0.15, 0.2) is 0 Å². The monoisotopic (exact) mass is 282 g/mol. The second kappa shape index (κ2) is 6.29. The van der Waals surface area contributed by atoms with Gasteiger partial charge in [-0.25, -0.2) is 0 Å². The molecular weight excluding hydrogens is 264 g/mol. The van der Waals surface area contributed by atoms with E-state index in [4.69, 9.17) is 21.4 Å². The zero-order valence-corrected chi connectivity index (χ0v) is 11.9. The van der Waals surface area contributed by atoms with Gasteiger partial charge in [0.2, 0.25) is 0 Å². The molecule has 1 aliphatic rings. The smallest absolute Gasteiger partial charge is 0.303 e. The molecule has 104 valence electrons. The minimum absolute atomic E-state index is 0.178. The minimum atomic E-state index is -0.761. The highest BCUT2D eigenvalue weighted by atomic mass is 35.5. The highest BCUT2D eigenvalue weighted by Crippen LogP contribution is 2.38. The maximum atomic E-state index is 10.6. The molecule has 0 saturated carbocycles. The van der Waals surface area contributed by atoms with Gasteiger partial charge in [0, 0.05) is 6.42 Å². The summed E-state index contributed by atoms with van der Waals surface area (Å²) in [6.45, 7) is 0. The number of halogens is 1. The third-order valence-corrected chi connectivity index (χ3v) is 4.06. The van der Waals surface area contributed by atoms with Crippen LogP contribution < -0.4 is 4.74 Å². The molecule has 0 atom stereocenters. The average molecular weight is 283 g/mol. The van der Waals surface area contributed by atoms with Crippen LogP contribution in [0.1, 0.15) is 42.4 Å². The Hall–Kier alpha value is -1.22. The van der Waals surface area contributed by atoms with Crippen LogP contribution in [-0.2, 0) is 24.1 Å². The number of ether oxygens (including phenoxy) is 1. The first-order valence-corrected chi connectivity index (χ1v) is 7.10. The molecule has 2 rings (SSSR count). The lowest BCUT2D eigenvalue weighted by Crippen LogP contribution is -2.07. The van der Waals surface area contributed by atoms with Crippen LogP contribution in [0.5, 0.6) is 5.75 Å². The van der Waals surface area contributed by atoms with Gasteiger partial charge in [0.25, 0.3) is 0 Å². The lowest BCUT2D eigenvalue weighted by atomic mass is 9.89. The van der Waals surface area contributed by atoms with Crippen molar-refractivity contribution >= 4 is 17.6 Å². The molecule has 1 aromatic rings. The summed E-state index contributed by atoms with van der Waals surface area (Å²) in [7, 11) is 1.62. The summed E-state index contributed by atoms with van der Waals surface area (Å²) >= 11 is 6.43. The second-order valence-electron chi connectivity index (χ2n) is 4.97. The van der Waals surface area contributed by atoms with Crippen LogP contribution in [0.15, 0.2) is 6.07 Å². The van der Waals surface area contributed by atoms with Crippen molar-refractivity contribution in [2.24, 2.45) is 0 Å². The summed E-state index contributed by atoms with van der Waals surface area (Å²) < 4.78 is 5.42. The molecule has 0 radical (unpaired) electrons. The number of carbonyl (C=O) groups is 1. The first-order chi connectivity index (χ1) is 9.13. The molecule has 4 heteroatoms. The Balaban J connectivity index is 2.26. The fourth-order valence-corrected chi connectivity index (χ4v) is 3.14. The van der Waals surface area contributed by atoms with Crippen molar-refractivity contribution in [1.82, 2.24) is 0 Å². The van der Waals surface area contributed by atoms with E-state index in [0.29, 0.717) is 12.8 Å². The number of carboxylic acid groups (broad SMARTS) is 1. The van der Waals surface area contributed by atoms with E-state index in [9.17, 15) is 4.79 Å². The summed E-state index contributed by atoms with van der Waals surface area (Å²) in [5.74, 6) is -0.0317. The number of aryl methyl sites for hydroxylation is 2. The van der Waals surface area contributed by atoms with Crippen molar-refractivity contribution < 1.29 is 14.6 Å². The summed E-state index contributed by atoms with van der Waals surface area (Å²) in [6, 6.07) is 2.15. The minimum Gasteiger partial charge on any atom is -0.495 e. The fraction of sp³-hybridized carbons (Fsp3) is 0.533. The zero-order valence-electron chi connectivity index (χ0n) is 11.2. The Kier molecular flexibility index (Phi) is 4.70. The van der Waals surface area contributed by atoms with Crippen molar-refractivity contribution in [3.8, 4) is 5.75 Å². The molecular formula is C15H19ClO3. The van der Waals surface area contributed by atoms with Crippen molar-refractivity contribution in [1.29, 1.82) is 0 Å². The number of fused-ring (bicyclic) bond motifs is 1. The first-order valence-electron chi connectivity index (χ1n) is 6.72. The van der Waals surface area contributed by atoms with Gasteiger partial charge in [0.05, 0.1) is 12.1 Å². The van der Waals surface area contributed by atoms with Crippen molar-refractivity contribution in [3.63, 3.8) is 0 Å². The zero-order chi connectivity index (χ0) is 13.8.